The number of amides is 1. The maximum absolute atomic E-state index is 13.2. The van der Waals surface area contributed by atoms with Crippen molar-refractivity contribution in [2.45, 2.75) is 33.3 Å². The van der Waals surface area contributed by atoms with E-state index in [1.807, 2.05) is 32.1 Å². The number of rotatable bonds is 7. The molecule has 0 aliphatic carbocycles. The third-order valence-electron chi connectivity index (χ3n) is 4.70. The Balaban J connectivity index is 1.93. The molecule has 1 fully saturated rings. The van der Waals surface area contributed by atoms with E-state index in [4.69, 9.17) is 9.47 Å². The first kappa shape index (κ1) is 23.3. The molecule has 1 aliphatic heterocycles. The highest BCUT2D eigenvalue weighted by Crippen LogP contribution is 2.40. The van der Waals surface area contributed by atoms with E-state index in [2.05, 4.69) is 27.8 Å². The van der Waals surface area contributed by atoms with Crippen LogP contribution in [0.2, 0.25) is 0 Å². The van der Waals surface area contributed by atoms with Gasteiger partial charge in [-0.2, -0.15) is 0 Å². The largest absolute Gasteiger partial charge is 0.493 e. The highest BCUT2D eigenvalue weighted by molar-refractivity contribution is 9.10. The second-order valence-corrected chi connectivity index (χ2v) is 8.77. The van der Waals surface area contributed by atoms with E-state index < -0.39 is 0 Å². The SMILES string of the molecule is CC[C@H](C)Oc1c(Br)cc(/C=C2/SC(=Nc3ccc(F)cc3)N(CC)C2=O)cc1OC. The normalized spacial score (nSPS) is 17.5. The van der Waals surface area contributed by atoms with E-state index in [1.54, 1.807) is 24.1 Å². The number of hydrogen-bond donors (Lipinski definition) is 0. The predicted octanol–water partition coefficient (Wildman–Crippen LogP) is 6.40. The van der Waals surface area contributed by atoms with Crippen molar-refractivity contribution in [3.63, 3.8) is 0 Å². The Morgan fingerprint density at radius 2 is 1.97 bits per heavy atom. The fourth-order valence-corrected chi connectivity index (χ4v) is 4.49. The van der Waals surface area contributed by atoms with E-state index in [0.717, 1.165) is 16.5 Å². The molecule has 5 nitrogen and oxygen atoms in total. The van der Waals surface area contributed by atoms with Gasteiger partial charge in [0.2, 0.25) is 0 Å². The minimum absolute atomic E-state index is 0.0460. The zero-order chi connectivity index (χ0) is 22.5. The van der Waals surface area contributed by atoms with Crippen molar-refractivity contribution in [3.8, 4) is 11.5 Å². The summed E-state index contributed by atoms with van der Waals surface area (Å²) < 4.78 is 25.4. The lowest BCUT2D eigenvalue weighted by atomic mass is 10.1. The third kappa shape index (κ3) is 5.49. The van der Waals surface area contributed by atoms with Crippen molar-refractivity contribution < 1.29 is 18.7 Å². The van der Waals surface area contributed by atoms with Gasteiger partial charge in [-0.3, -0.25) is 9.69 Å². The number of nitrogens with zero attached hydrogens (tertiary/aromatic N) is 2. The minimum atomic E-state index is -0.327. The molecule has 0 spiro atoms. The average molecular weight is 507 g/mol. The number of hydrogen-bond acceptors (Lipinski definition) is 5. The second kappa shape index (κ2) is 10.3. The van der Waals surface area contributed by atoms with Crippen molar-refractivity contribution in [2.24, 2.45) is 4.99 Å². The van der Waals surface area contributed by atoms with Crippen LogP contribution in [0.25, 0.3) is 6.08 Å². The number of halogens is 2. The van der Waals surface area contributed by atoms with Gasteiger partial charge >= 0.3 is 0 Å². The molecule has 1 aliphatic rings. The molecule has 31 heavy (non-hydrogen) atoms. The molecule has 0 bridgehead atoms. The van der Waals surface area contributed by atoms with Crippen molar-refractivity contribution in [3.05, 3.63) is 57.2 Å². The van der Waals surface area contributed by atoms with Gasteiger partial charge in [0.05, 0.1) is 28.3 Å². The molecule has 2 aromatic rings. The molecule has 1 heterocycles. The fraction of sp³-hybridized carbons (Fsp3) is 0.304. The molecule has 0 unspecified atom stereocenters. The monoisotopic (exact) mass is 506 g/mol. The summed E-state index contributed by atoms with van der Waals surface area (Å²) in [7, 11) is 1.59. The first-order valence-electron chi connectivity index (χ1n) is 9.96. The van der Waals surface area contributed by atoms with Gasteiger partial charge in [0.1, 0.15) is 5.82 Å². The number of likely N-dealkylation sites (N-methyl/N-ethyl adjacent to an activating group) is 1. The Labute approximate surface area is 194 Å². The Kier molecular flexibility index (Phi) is 7.78. The molecule has 3 rings (SSSR count). The van der Waals surface area contributed by atoms with E-state index in [-0.39, 0.29) is 17.8 Å². The smallest absolute Gasteiger partial charge is 0.266 e. The minimum Gasteiger partial charge on any atom is -0.493 e. The molecule has 0 radical (unpaired) electrons. The molecule has 0 N–H and O–H groups in total. The van der Waals surface area contributed by atoms with E-state index in [0.29, 0.717) is 33.8 Å². The Bertz CT molecular complexity index is 1020. The highest BCUT2D eigenvalue weighted by atomic mass is 79.9. The lowest BCUT2D eigenvalue weighted by Gasteiger charge is -2.17. The Morgan fingerprint density at radius 3 is 2.58 bits per heavy atom. The number of carbonyl (C=O) groups is 1. The van der Waals surface area contributed by atoms with Crippen LogP contribution in [0.1, 0.15) is 32.8 Å². The zero-order valence-electron chi connectivity index (χ0n) is 17.8. The summed E-state index contributed by atoms with van der Waals surface area (Å²) in [5.41, 5.74) is 1.39. The number of ether oxygens (including phenoxy) is 2. The van der Waals surface area contributed by atoms with Crippen LogP contribution in [0, 0.1) is 5.82 Å². The first-order chi connectivity index (χ1) is 14.9. The van der Waals surface area contributed by atoms with Crippen LogP contribution in [0.5, 0.6) is 11.5 Å². The van der Waals surface area contributed by atoms with Crippen molar-refractivity contribution in [1.29, 1.82) is 0 Å². The van der Waals surface area contributed by atoms with Gasteiger partial charge in [-0.15, -0.1) is 0 Å². The van der Waals surface area contributed by atoms with Crippen LogP contribution in [0.15, 0.2) is 50.8 Å². The van der Waals surface area contributed by atoms with Crippen LogP contribution in [-0.2, 0) is 4.79 Å². The Hall–Kier alpha value is -2.32. The molecule has 0 saturated carbocycles. The van der Waals surface area contributed by atoms with Crippen molar-refractivity contribution >= 4 is 50.5 Å². The van der Waals surface area contributed by atoms with E-state index in [9.17, 15) is 9.18 Å². The van der Waals surface area contributed by atoms with Crippen LogP contribution in [0.4, 0.5) is 10.1 Å². The van der Waals surface area contributed by atoms with Gasteiger partial charge in [-0.25, -0.2) is 9.38 Å². The van der Waals surface area contributed by atoms with Crippen LogP contribution < -0.4 is 9.47 Å². The van der Waals surface area contributed by atoms with Crippen molar-refractivity contribution in [2.75, 3.05) is 13.7 Å². The summed E-state index contributed by atoms with van der Waals surface area (Å²) in [5.74, 6) is 0.776. The maximum Gasteiger partial charge on any atom is 0.266 e. The lowest BCUT2D eigenvalue weighted by molar-refractivity contribution is -0.122. The van der Waals surface area contributed by atoms with Gasteiger partial charge in [0, 0.05) is 6.54 Å². The van der Waals surface area contributed by atoms with Crippen molar-refractivity contribution in [1.82, 2.24) is 4.90 Å². The van der Waals surface area contributed by atoms with Gasteiger partial charge in [0.15, 0.2) is 16.7 Å². The molecule has 1 amide bonds. The van der Waals surface area contributed by atoms with Crippen LogP contribution in [0.3, 0.4) is 0 Å². The number of amidine groups is 1. The number of benzene rings is 2. The predicted molar refractivity (Wildman–Crippen MR) is 128 cm³/mol. The standard InChI is InChI=1S/C23H24BrFN2O3S/c1-5-14(3)30-21-18(24)11-15(12-19(21)29-4)13-20-22(28)27(6-2)23(31-20)26-17-9-7-16(25)8-10-17/h7-14H,5-6H2,1-4H3/b20-13+,26-23?/t14-/m0/s1. The number of carbonyl (C=O) groups excluding carboxylic acids is 1. The van der Waals surface area contributed by atoms with Gasteiger partial charge in [-0.1, -0.05) is 6.92 Å². The molecule has 1 atom stereocenters. The summed E-state index contributed by atoms with van der Waals surface area (Å²) in [6.07, 6.45) is 2.73. The van der Waals surface area contributed by atoms with Crippen LogP contribution in [-0.4, -0.2) is 35.7 Å². The number of thioether (sulfide) groups is 1. The topological polar surface area (TPSA) is 51.1 Å². The zero-order valence-corrected chi connectivity index (χ0v) is 20.2. The fourth-order valence-electron chi connectivity index (χ4n) is 2.87. The molecular formula is C23H24BrFN2O3S. The van der Waals surface area contributed by atoms with E-state index >= 15 is 0 Å². The second-order valence-electron chi connectivity index (χ2n) is 6.90. The molecular weight excluding hydrogens is 483 g/mol. The summed E-state index contributed by atoms with van der Waals surface area (Å²) >= 11 is 4.85. The summed E-state index contributed by atoms with van der Waals surface area (Å²) in [4.78, 5) is 19.6. The summed E-state index contributed by atoms with van der Waals surface area (Å²) in [6, 6.07) is 9.60. The molecule has 8 heteroatoms. The maximum atomic E-state index is 13.2. The molecule has 0 aromatic heterocycles. The lowest BCUT2D eigenvalue weighted by Crippen LogP contribution is -2.28. The highest BCUT2D eigenvalue weighted by Gasteiger charge is 2.32. The summed E-state index contributed by atoms with van der Waals surface area (Å²) in [5, 5.41) is 0.563. The molecule has 1 saturated heterocycles. The van der Waals surface area contributed by atoms with Gasteiger partial charge < -0.3 is 9.47 Å². The molecule has 2 aromatic carbocycles. The number of aliphatic imine (C=N–C) groups is 1. The van der Waals surface area contributed by atoms with Crippen LogP contribution >= 0.6 is 27.7 Å². The third-order valence-corrected chi connectivity index (χ3v) is 6.29. The first-order valence-corrected chi connectivity index (χ1v) is 11.6. The number of methoxy groups -OCH3 is 1. The quantitative estimate of drug-likeness (QED) is 0.407. The average Bonchev–Trinajstić information content (AvgIpc) is 3.04. The Morgan fingerprint density at radius 1 is 1.26 bits per heavy atom. The van der Waals surface area contributed by atoms with E-state index in [1.165, 1.54) is 23.9 Å². The summed E-state index contributed by atoms with van der Waals surface area (Å²) in [6.45, 7) is 6.42. The van der Waals surface area contributed by atoms with Gasteiger partial charge in [0.25, 0.3) is 5.91 Å². The molecule has 164 valence electrons. The van der Waals surface area contributed by atoms with Gasteiger partial charge in [-0.05, 0) is 96.0 Å².